The lowest BCUT2D eigenvalue weighted by Crippen LogP contribution is -2.30. The first-order chi connectivity index (χ1) is 5.55. The van der Waals surface area contributed by atoms with Crippen LogP contribution in [0.15, 0.2) is 12.2 Å². The van der Waals surface area contributed by atoms with Crippen LogP contribution in [0.2, 0.25) is 0 Å². The van der Waals surface area contributed by atoms with E-state index >= 15 is 0 Å². The second-order valence-electron chi connectivity index (χ2n) is 2.80. The van der Waals surface area contributed by atoms with E-state index in [1.54, 1.807) is 33.1 Å². The number of nitriles is 1. The summed E-state index contributed by atoms with van der Waals surface area (Å²) < 4.78 is 10.3. The van der Waals surface area contributed by atoms with Crippen molar-refractivity contribution in [1.29, 1.82) is 5.26 Å². The molecule has 0 aliphatic rings. The second kappa shape index (κ2) is 4.91. The molecule has 0 aromatic heterocycles. The molecule has 0 unspecified atom stereocenters. The molecule has 0 aromatic rings. The van der Waals surface area contributed by atoms with Gasteiger partial charge in [0.05, 0.1) is 6.07 Å². The smallest absolute Gasteiger partial charge is 0.165 e. The van der Waals surface area contributed by atoms with E-state index in [1.165, 1.54) is 0 Å². The molecule has 0 aromatic carbocycles. The molecule has 68 valence electrons. The molecule has 0 rings (SSSR count). The molecular formula is C9H15NO2. The summed E-state index contributed by atoms with van der Waals surface area (Å²) in [4.78, 5) is 0. The predicted molar refractivity (Wildman–Crippen MR) is 46.4 cm³/mol. The summed E-state index contributed by atoms with van der Waals surface area (Å²) in [7, 11) is 1.55. The van der Waals surface area contributed by atoms with Gasteiger partial charge in [-0.2, -0.15) is 5.26 Å². The van der Waals surface area contributed by atoms with Crippen LogP contribution in [0.4, 0.5) is 0 Å². The first-order valence-electron chi connectivity index (χ1n) is 3.81. The molecule has 0 saturated carbocycles. The quantitative estimate of drug-likeness (QED) is 0.476. The van der Waals surface area contributed by atoms with Crippen LogP contribution in [0.3, 0.4) is 0 Å². The Balaban J connectivity index is 4.13. The highest BCUT2D eigenvalue weighted by atomic mass is 16.7. The van der Waals surface area contributed by atoms with Gasteiger partial charge in [-0.05, 0) is 26.8 Å². The molecule has 1 atom stereocenters. The zero-order chi connectivity index (χ0) is 9.61. The number of rotatable bonds is 4. The highest BCUT2D eigenvalue weighted by molar-refractivity contribution is 5.01. The van der Waals surface area contributed by atoms with Crippen LogP contribution < -0.4 is 0 Å². The average Bonchev–Trinajstić information content (AvgIpc) is 2.03. The molecule has 3 nitrogen and oxygen atoms in total. The summed E-state index contributed by atoms with van der Waals surface area (Å²) in [5.41, 5.74) is 0. The van der Waals surface area contributed by atoms with Crippen molar-refractivity contribution in [2.24, 2.45) is 0 Å². The van der Waals surface area contributed by atoms with Gasteiger partial charge in [-0.25, -0.2) is 0 Å². The molecule has 12 heavy (non-hydrogen) atoms. The van der Waals surface area contributed by atoms with Gasteiger partial charge in [-0.15, -0.1) is 0 Å². The second-order valence-corrected chi connectivity index (χ2v) is 2.80. The SMILES string of the molecule is CC=C[C@H](C#N)OC(C)(C)OC. The fraction of sp³-hybridized carbons (Fsp3) is 0.667. The molecule has 0 amide bonds. The number of hydrogen-bond donors (Lipinski definition) is 0. The van der Waals surface area contributed by atoms with Crippen molar-refractivity contribution in [2.75, 3.05) is 7.11 Å². The summed E-state index contributed by atoms with van der Waals surface area (Å²) in [6.45, 7) is 5.37. The lowest BCUT2D eigenvalue weighted by Gasteiger charge is -2.24. The molecular weight excluding hydrogens is 154 g/mol. The highest BCUT2D eigenvalue weighted by Crippen LogP contribution is 2.12. The maximum Gasteiger partial charge on any atom is 0.165 e. The number of allylic oxidation sites excluding steroid dienone is 1. The van der Waals surface area contributed by atoms with Gasteiger partial charge in [0.2, 0.25) is 0 Å². The summed E-state index contributed by atoms with van der Waals surface area (Å²) in [5.74, 6) is -0.708. The van der Waals surface area contributed by atoms with E-state index in [-0.39, 0.29) is 0 Å². The van der Waals surface area contributed by atoms with Gasteiger partial charge in [0.15, 0.2) is 11.9 Å². The van der Waals surface area contributed by atoms with Crippen LogP contribution in [0, 0.1) is 11.3 Å². The number of methoxy groups -OCH3 is 1. The van der Waals surface area contributed by atoms with Gasteiger partial charge in [-0.3, -0.25) is 0 Å². The van der Waals surface area contributed by atoms with Crippen molar-refractivity contribution in [1.82, 2.24) is 0 Å². The van der Waals surface area contributed by atoms with Crippen LogP contribution in [-0.2, 0) is 9.47 Å². The molecule has 0 N–H and O–H groups in total. The Morgan fingerprint density at radius 1 is 1.50 bits per heavy atom. The number of hydrogen-bond acceptors (Lipinski definition) is 3. The molecule has 0 aliphatic carbocycles. The Morgan fingerprint density at radius 2 is 2.08 bits per heavy atom. The van der Waals surface area contributed by atoms with Gasteiger partial charge >= 0.3 is 0 Å². The van der Waals surface area contributed by atoms with Gasteiger partial charge in [0.25, 0.3) is 0 Å². The molecule has 0 radical (unpaired) electrons. The first kappa shape index (κ1) is 11.2. The third-order valence-electron chi connectivity index (χ3n) is 1.40. The van der Waals surface area contributed by atoms with E-state index in [1.807, 2.05) is 13.0 Å². The van der Waals surface area contributed by atoms with Crippen molar-refractivity contribution >= 4 is 0 Å². The molecule has 0 heterocycles. The number of nitrogens with zero attached hydrogens (tertiary/aromatic N) is 1. The molecule has 3 heteroatoms. The topological polar surface area (TPSA) is 42.2 Å². The molecule has 0 saturated heterocycles. The predicted octanol–water partition coefficient (Wildman–Crippen LogP) is 1.85. The van der Waals surface area contributed by atoms with Crippen molar-refractivity contribution in [3.05, 3.63) is 12.2 Å². The zero-order valence-corrected chi connectivity index (χ0v) is 8.00. The average molecular weight is 169 g/mol. The van der Waals surface area contributed by atoms with Crippen molar-refractivity contribution in [2.45, 2.75) is 32.7 Å². The molecule has 0 bridgehead atoms. The van der Waals surface area contributed by atoms with E-state index in [0.717, 1.165) is 0 Å². The Kier molecular flexibility index (Phi) is 4.57. The summed E-state index contributed by atoms with van der Waals surface area (Å²) in [6.07, 6.45) is 2.92. The summed E-state index contributed by atoms with van der Waals surface area (Å²) >= 11 is 0. The van der Waals surface area contributed by atoms with Gasteiger partial charge in [0.1, 0.15) is 0 Å². The molecule has 0 aliphatic heterocycles. The lowest BCUT2D eigenvalue weighted by molar-refractivity contribution is -0.203. The van der Waals surface area contributed by atoms with E-state index in [4.69, 9.17) is 14.7 Å². The first-order valence-corrected chi connectivity index (χ1v) is 3.81. The highest BCUT2D eigenvalue weighted by Gasteiger charge is 2.20. The van der Waals surface area contributed by atoms with Crippen LogP contribution in [0.5, 0.6) is 0 Å². The van der Waals surface area contributed by atoms with E-state index in [9.17, 15) is 0 Å². The van der Waals surface area contributed by atoms with E-state index in [0.29, 0.717) is 0 Å². The Bertz CT molecular complexity index is 191. The normalized spacial score (nSPS) is 14.6. The minimum Gasteiger partial charge on any atom is -0.354 e. The van der Waals surface area contributed by atoms with Crippen molar-refractivity contribution < 1.29 is 9.47 Å². The van der Waals surface area contributed by atoms with Crippen LogP contribution in [0.25, 0.3) is 0 Å². The summed E-state index contributed by atoms with van der Waals surface area (Å²) in [5, 5.41) is 8.63. The lowest BCUT2D eigenvalue weighted by atomic mass is 10.3. The maximum atomic E-state index is 8.63. The number of ether oxygens (including phenoxy) is 2. The summed E-state index contributed by atoms with van der Waals surface area (Å²) in [6, 6.07) is 2.00. The largest absolute Gasteiger partial charge is 0.354 e. The third kappa shape index (κ3) is 4.12. The Hall–Kier alpha value is -0.850. The van der Waals surface area contributed by atoms with Crippen molar-refractivity contribution in [3.8, 4) is 6.07 Å². The van der Waals surface area contributed by atoms with Gasteiger partial charge in [0, 0.05) is 7.11 Å². The fourth-order valence-corrected chi connectivity index (χ4v) is 0.637. The van der Waals surface area contributed by atoms with Crippen LogP contribution in [0.1, 0.15) is 20.8 Å². The monoisotopic (exact) mass is 169 g/mol. The van der Waals surface area contributed by atoms with Crippen LogP contribution >= 0.6 is 0 Å². The minimum atomic E-state index is -0.708. The van der Waals surface area contributed by atoms with E-state index < -0.39 is 11.9 Å². The minimum absolute atomic E-state index is 0.537. The van der Waals surface area contributed by atoms with E-state index in [2.05, 4.69) is 0 Å². The molecule has 0 fully saturated rings. The van der Waals surface area contributed by atoms with Gasteiger partial charge in [-0.1, -0.05) is 6.08 Å². The molecule has 0 spiro atoms. The maximum absolute atomic E-state index is 8.63. The van der Waals surface area contributed by atoms with Gasteiger partial charge < -0.3 is 9.47 Å². The third-order valence-corrected chi connectivity index (χ3v) is 1.40. The Labute approximate surface area is 73.6 Å². The Morgan fingerprint density at radius 3 is 2.42 bits per heavy atom. The zero-order valence-electron chi connectivity index (χ0n) is 8.00. The van der Waals surface area contributed by atoms with Crippen LogP contribution in [-0.4, -0.2) is 19.0 Å². The van der Waals surface area contributed by atoms with Crippen molar-refractivity contribution in [3.63, 3.8) is 0 Å². The standard InChI is InChI=1S/C9H15NO2/c1-5-6-8(7-10)12-9(2,3)11-4/h5-6,8H,1-4H3/t8-/m1/s1. The fourth-order valence-electron chi connectivity index (χ4n) is 0.637.